The summed E-state index contributed by atoms with van der Waals surface area (Å²) in [6, 6.07) is 0.286. The lowest BCUT2D eigenvalue weighted by Crippen LogP contribution is -2.54. The van der Waals surface area contributed by atoms with Crippen molar-refractivity contribution in [2.24, 2.45) is 5.92 Å². The monoisotopic (exact) mass is 323 g/mol. The Morgan fingerprint density at radius 2 is 1.74 bits per heavy atom. The van der Waals surface area contributed by atoms with Crippen LogP contribution >= 0.6 is 0 Å². The summed E-state index contributed by atoms with van der Waals surface area (Å²) in [4.78, 5) is 14.1. The van der Waals surface area contributed by atoms with Crippen molar-refractivity contribution in [3.8, 4) is 0 Å². The van der Waals surface area contributed by atoms with E-state index in [9.17, 15) is 4.79 Å². The van der Waals surface area contributed by atoms with E-state index < -0.39 is 5.60 Å². The predicted molar refractivity (Wildman–Crippen MR) is 89.3 cm³/mol. The third kappa shape index (κ3) is 3.12. The zero-order chi connectivity index (χ0) is 17.2. The van der Waals surface area contributed by atoms with Crippen molar-refractivity contribution >= 4 is 13.2 Å². The third-order valence-electron chi connectivity index (χ3n) is 5.70. The van der Waals surface area contributed by atoms with Crippen LogP contribution in [0.5, 0.6) is 0 Å². The molecule has 3 aliphatic rings. The largest absolute Gasteiger partial charge is 0.461 e. The normalized spacial score (nSPS) is 35.0. The number of ether oxygens (including phenoxy) is 1. The molecule has 0 aromatic carbocycles. The Kier molecular flexibility index (Phi) is 3.81. The first-order chi connectivity index (χ1) is 10.4. The van der Waals surface area contributed by atoms with Gasteiger partial charge in [0.25, 0.3) is 0 Å². The predicted octanol–water partition coefficient (Wildman–Crippen LogP) is 3.48. The molecule has 3 rings (SSSR count). The summed E-state index contributed by atoms with van der Waals surface area (Å²) >= 11 is 0. The van der Waals surface area contributed by atoms with Crippen LogP contribution < -0.4 is 0 Å². The first kappa shape index (κ1) is 17.1. The van der Waals surface area contributed by atoms with Crippen molar-refractivity contribution in [2.75, 3.05) is 6.54 Å². The SMILES string of the molecule is CC(C)(C)OC(=O)N1CCC1C1CC1B1OC(C)(C)C(C)(C)O1. The van der Waals surface area contributed by atoms with Gasteiger partial charge in [-0.05, 0) is 73.0 Å². The van der Waals surface area contributed by atoms with E-state index in [-0.39, 0.29) is 30.5 Å². The highest BCUT2D eigenvalue weighted by molar-refractivity contribution is 6.48. The Bertz CT molecular complexity index is 483. The third-order valence-corrected chi connectivity index (χ3v) is 5.70. The summed E-state index contributed by atoms with van der Waals surface area (Å²) in [5.74, 6) is 0.872. The molecule has 5 nitrogen and oxygen atoms in total. The molecule has 2 saturated heterocycles. The van der Waals surface area contributed by atoms with Gasteiger partial charge in [0.1, 0.15) is 5.60 Å². The van der Waals surface area contributed by atoms with Crippen LogP contribution in [0.1, 0.15) is 61.3 Å². The van der Waals surface area contributed by atoms with E-state index in [1.54, 1.807) is 0 Å². The second kappa shape index (κ2) is 5.12. The Hall–Kier alpha value is -0.745. The van der Waals surface area contributed by atoms with Crippen molar-refractivity contribution < 1.29 is 18.8 Å². The summed E-state index contributed by atoms with van der Waals surface area (Å²) in [6.45, 7) is 14.9. The van der Waals surface area contributed by atoms with E-state index >= 15 is 0 Å². The molecule has 130 valence electrons. The summed E-state index contributed by atoms with van der Waals surface area (Å²) < 4.78 is 17.8. The molecule has 0 aromatic heterocycles. The Labute approximate surface area is 140 Å². The zero-order valence-electron chi connectivity index (χ0n) is 15.5. The Morgan fingerprint density at radius 1 is 1.17 bits per heavy atom. The second-order valence-electron chi connectivity index (χ2n) is 9.22. The minimum absolute atomic E-state index is 0.147. The maximum absolute atomic E-state index is 12.3. The molecule has 0 aromatic rings. The van der Waals surface area contributed by atoms with Gasteiger partial charge in [0.15, 0.2) is 0 Å². The molecule has 3 fully saturated rings. The highest BCUT2D eigenvalue weighted by Crippen LogP contribution is 2.57. The van der Waals surface area contributed by atoms with Crippen LogP contribution in [0.15, 0.2) is 0 Å². The van der Waals surface area contributed by atoms with E-state index in [1.807, 2.05) is 25.7 Å². The zero-order valence-corrected chi connectivity index (χ0v) is 15.5. The maximum Gasteiger partial charge on any atom is 0.461 e. The number of carbonyl (C=O) groups is 1. The van der Waals surface area contributed by atoms with Crippen LogP contribution in [-0.2, 0) is 14.0 Å². The van der Waals surface area contributed by atoms with Crippen LogP contribution in [0.2, 0.25) is 5.82 Å². The highest BCUT2D eigenvalue weighted by atomic mass is 16.7. The molecule has 0 spiro atoms. The average molecular weight is 323 g/mol. The average Bonchev–Trinajstić information content (AvgIpc) is 2.98. The van der Waals surface area contributed by atoms with Crippen LogP contribution in [0.4, 0.5) is 4.79 Å². The van der Waals surface area contributed by atoms with Gasteiger partial charge in [0.05, 0.1) is 11.2 Å². The van der Waals surface area contributed by atoms with Crippen molar-refractivity contribution in [2.45, 2.75) is 90.0 Å². The van der Waals surface area contributed by atoms with E-state index in [0.717, 1.165) is 19.4 Å². The fraction of sp³-hybridized carbons (Fsp3) is 0.941. The molecule has 0 bridgehead atoms. The van der Waals surface area contributed by atoms with Gasteiger partial charge >= 0.3 is 13.2 Å². The Morgan fingerprint density at radius 3 is 2.17 bits per heavy atom. The molecular weight excluding hydrogens is 293 g/mol. The van der Waals surface area contributed by atoms with Gasteiger partial charge in [-0.1, -0.05) is 0 Å². The maximum atomic E-state index is 12.3. The molecule has 6 heteroatoms. The number of hydrogen-bond acceptors (Lipinski definition) is 4. The molecule has 23 heavy (non-hydrogen) atoms. The first-order valence-electron chi connectivity index (χ1n) is 8.76. The van der Waals surface area contributed by atoms with Crippen molar-refractivity contribution in [3.05, 3.63) is 0 Å². The van der Waals surface area contributed by atoms with Crippen LogP contribution in [0, 0.1) is 5.92 Å². The van der Waals surface area contributed by atoms with Gasteiger partial charge in [0.2, 0.25) is 0 Å². The lowest BCUT2D eigenvalue weighted by molar-refractivity contribution is -0.00965. The highest BCUT2D eigenvalue weighted by Gasteiger charge is 2.62. The number of hydrogen-bond donors (Lipinski definition) is 0. The fourth-order valence-corrected chi connectivity index (χ4v) is 3.45. The molecule has 3 atom stereocenters. The van der Waals surface area contributed by atoms with Crippen LogP contribution in [0.3, 0.4) is 0 Å². The molecule has 0 N–H and O–H groups in total. The van der Waals surface area contributed by atoms with Crippen LogP contribution in [0.25, 0.3) is 0 Å². The van der Waals surface area contributed by atoms with E-state index in [1.165, 1.54) is 0 Å². The topological polar surface area (TPSA) is 48.0 Å². The number of amides is 1. The molecule has 2 aliphatic heterocycles. The number of nitrogens with zero attached hydrogens (tertiary/aromatic N) is 1. The van der Waals surface area contributed by atoms with Crippen LogP contribution in [-0.4, -0.2) is 47.5 Å². The van der Waals surface area contributed by atoms with Crippen molar-refractivity contribution in [1.82, 2.24) is 4.90 Å². The summed E-state index contributed by atoms with van der Waals surface area (Å²) in [6.07, 6.45) is 1.94. The van der Waals surface area contributed by atoms with Gasteiger partial charge in [0, 0.05) is 12.6 Å². The van der Waals surface area contributed by atoms with Gasteiger partial charge in [-0.15, -0.1) is 0 Å². The van der Waals surface area contributed by atoms with Crippen molar-refractivity contribution in [1.29, 1.82) is 0 Å². The molecule has 2 heterocycles. The van der Waals surface area contributed by atoms with E-state index in [4.69, 9.17) is 14.0 Å². The molecule has 1 amide bonds. The molecule has 1 aliphatic carbocycles. The lowest BCUT2D eigenvalue weighted by Gasteiger charge is -2.42. The fourth-order valence-electron chi connectivity index (χ4n) is 3.45. The minimum atomic E-state index is -0.439. The summed E-state index contributed by atoms with van der Waals surface area (Å²) in [5.41, 5.74) is -1.00. The molecular formula is C17H30BNO4. The van der Waals surface area contributed by atoms with Gasteiger partial charge in [-0.2, -0.15) is 0 Å². The summed E-state index contributed by atoms with van der Waals surface area (Å²) in [7, 11) is -0.147. The molecule has 0 radical (unpaired) electrons. The van der Waals surface area contributed by atoms with Gasteiger partial charge in [-0.3, -0.25) is 0 Å². The van der Waals surface area contributed by atoms with Gasteiger partial charge < -0.3 is 18.9 Å². The summed E-state index contributed by atoms with van der Waals surface area (Å²) in [5, 5.41) is 0. The van der Waals surface area contributed by atoms with Gasteiger partial charge in [-0.25, -0.2) is 4.79 Å². The van der Waals surface area contributed by atoms with E-state index in [0.29, 0.717) is 11.7 Å². The minimum Gasteiger partial charge on any atom is -0.444 e. The standard InChI is InChI=1S/C17H30BNO4/c1-15(2,3)21-14(20)19-9-8-13(19)11-10-12(11)18-22-16(4,5)17(6,7)23-18/h11-13H,8-10H2,1-7H3. The lowest BCUT2D eigenvalue weighted by atomic mass is 9.78. The number of carbonyl (C=O) groups excluding carboxylic acids is 1. The molecule has 1 saturated carbocycles. The van der Waals surface area contributed by atoms with E-state index in [2.05, 4.69) is 27.7 Å². The second-order valence-corrected chi connectivity index (χ2v) is 9.22. The Balaban J connectivity index is 1.56. The first-order valence-corrected chi connectivity index (χ1v) is 8.76. The molecule has 3 unspecified atom stereocenters. The number of likely N-dealkylation sites (tertiary alicyclic amines) is 1. The van der Waals surface area contributed by atoms with Crippen molar-refractivity contribution in [3.63, 3.8) is 0 Å². The smallest absolute Gasteiger partial charge is 0.444 e. The quantitative estimate of drug-likeness (QED) is 0.730. The number of rotatable bonds is 2.